The van der Waals surface area contributed by atoms with Crippen LogP contribution in [0, 0.1) is 0 Å². The molecule has 0 saturated carbocycles. The van der Waals surface area contributed by atoms with Gasteiger partial charge in [0, 0.05) is 16.0 Å². The zero-order chi connectivity index (χ0) is 16.9. The Labute approximate surface area is 153 Å². The number of carbonyl (C=O) groups is 1. The quantitative estimate of drug-likeness (QED) is 0.656. The third-order valence-electron chi connectivity index (χ3n) is 3.15. The maximum absolute atomic E-state index is 12.4. The van der Waals surface area contributed by atoms with Crippen LogP contribution in [0.2, 0.25) is 10.0 Å². The van der Waals surface area contributed by atoms with Crippen LogP contribution in [0.1, 0.15) is 16.1 Å². The smallest absolute Gasteiger partial charge is 0.255 e. The molecule has 24 heavy (non-hydrogen) atoms. The van der Waals surface area contributed by atoms with Crippen LogP contribution in [0.15, 0.2) is 53.4 Å². The largest absolute Gasteiger partial charge is 0.487 e. The van der Waals surface area contributed by atoms with Gasteiger partial charge >= 0.3 is 0 Å². The van der Waals surface area contributed by atoms with E-state index in [-0.39, 0.29) is 5.91 Å². The average Bonchev–Trinajstić information content (AvgIpc) is 3.09. The molecule has 1 heterocycles. The molecule has 1 N–H and O–H groups in total. The Hall–Kier alpha value is -2.08. The van der Waals surface area contributed by atoms with Crippen molar-refractivity contribution in [2.24, 2.45) is 0 Å². The molecule has 3 aromatic rings. The van der Waals surface area contributed by atoms with Gasteiger partial charge in [-0.15, -0.1) is 11.3 Å². The lowest BCUT2D eigenvalue weighted by Crippen LogP contribution is -2.12. The SMILES string of the molecule is O=C(Nc1ccc(Cl)cc1Cl)c1cccc(OCc2cscn2)c1. The highest BCUT2D eigenvalue weighted by Gasteiger charge is 2.10. The Balaban J connectivity index is 1.69. The van der Waals surface area contributed by atoms with E-state index in [2.05, 4.69) is 10.3 Å². The first-order valence-electron chi connectivity index (χ1n) is 6.98. The highest BCUT2D eigenvalue weighted by Crippen LogP contribution is 2.26. The summed E-state index contributed by atoms with van der Waals surface area (Å²) in [4.78, 5) is 16.5. The molecule has 7 heteroatoms. The van der Waals surface area contributed by atoms with Crippen molar-refractivity contribution in [3.8, 4) is 5.75 Å². The summed E-state index contributed by atoms with van der Waals surface area (Å²) in [7, 11) is 0. The van der Waals surface area contributed by atoms with Crippen LogP contribution in [-0.2, 0) is 6.61 Å². The number of hydrogen-bond donors (Lipinski definition) is 1. The van der Waals surface area contributed by atoms with Crippen molar-refractivity contribution in [1.29, 1.82) is 0 Å². The van der Waals surface area contributed by atoms with Gasteiger partial charge in [-0.05, 0) is 36.4 Å². The summed E-state index contributed by atoms with van der Waals surface area (Å²) in [6, 6.07) is 11.8. The fourth-order valence-corrected chi connectivity index (χ4v) is 2.98. The van der Waals surface area contributed by atoms with Crippen LogP contribution in [0.25, 0.3) is 0 Å². The van der Waals surface area contributed by atoms with Crippen molar-refractivity contribution in [3.63, 3.8) is 0 Å². The van der Waals surface area contributed by atoms with E-state index in [4.69, 9.17) is 27.9 Å². The van der Waals surface area contributed by atoms with Gasteiger partial charge in [-0.1, -0.05) is 29.3 Å². The van der Waals surface area contributed by atoms with Gasteiger partial charge in [-0.25, -0.2) is 4.98 Å². The number of nitrogens with one attached hydrogen (secondary N) is 1. The van der Waals surface area contributed by atoms with Gasteiger partial charge in [0.15, 0.2) is 0 Å². The van der Waals surface area contributed by atoms with Crippen LogP contribution in [0.3, 0.4) is 0 Å². The molecule has 0 saturated heterocycles. The molecule has 0 radical (unpaired) electrons. The van der Waals surface area contributed by atoms with Crippen LogP contribution in [0.5, 0.6) is 5.75 Å². The van der Waals surface area contributed by atoms with Crippen molar-refractivity contribution in [2.45, 2.75) is 6.61 Å². The monoisotopic (exact) mass is 378 g/mol. The number of ether oxygens (including phenoxy) is 1. The molecular weight excluding hydrogens is 367 g/mol. The molecular formula is C17H12Cl2N2O2S. The summed E-state index contributed by atoms with van der Waals surface area (Å²) in [6.07, 6.45) is 0. The van der Waals surface area contributed by atoms with Crippen molar-refractivity contribution in [2.75, 3.05) is 5.32 Å². The molecule has 3 rings (SSSR count). The van der Waals surface area contributed by atoms with E-state index in [0.717, 1.165) is 5.69 Å². The van der Waals surface area contributed by atoms with Crippen LogP contribution >= 0.6 is 34.5 Å². The summed E-state index contributed by atoms with van der Waals surface area (Å²) in [5.41, 5.74) is 3.57. The highest BCUT2D eigenvalue weighted by molar-refractivity contribution is 7.07. The first kappa shape index (κ1) is 16.8. The number of halogens is 2. The molecule has 1 amide bonds. The van der Waals surface area contributed by atoms with Gasteiger partial charge in [0.05, 0.1) is 21.9 Å². The van der Waals surface area contributed by atoms with Crippen molar-refractivity contribution < 1.29 is 9.53 Å². The lowest BCUT2D eigenvalue weighted by molar-refractivity contribution is 0.102. The molecule has 0 bridgehead atoms. The Bertz CT molecular complexity index is 854. The number of carbonyl (C=O) groups excluding carboxylic acids is 1. The van der Waals surface area contributed by atoms with E-state index >= 15 is 0 Å². The molecule has 0 aliphatic heterocycles. The predicted molar refractivity (Wildman–Crippen MR) is 97.3 cm³/mol. The lowest BCUT2D eigenvalue weighted by Gasteiger charge is -2.09. The second-order valence-electron chi connectivity index (χ2n) is 4.87. The Morgan fingerprint density at radius 1 is 1.21 bits per heavy atom. The van der Waals surface area contributed by atoms with E-state index < -0.39 is 0 Å². The maximum atomic E-state index is 12.4. The predicted octanol–water partition coefficient (Wildman–Crippen LogP) is 5.28. The first-order chi connectivity index (χ1) is 11.6. The Morgan fingerprint density at radius 2 is 2.08 bits per heavy atom. The number of benzene rings is 2. The molecule has 1 aromatic heterocycles. The third kappa shape index (κ3) is 4.26. The summed E-state index contributed by atoms with van der Waals surface area (Å²) in [5.74, 6) is 0.316. The normalized spacial score (nSPS) is 10.4. The van der Waals surface area contributed by atoms with Gasteiger partial charge in [0.2, 0.25) is 0 Å². The highest BCUT2D eigenvalue weighted by atomic mass is 35.5. The molecule has 0 atom stereocenters. The first-order valence-corrected chi connectivity index (χ1v) is 8.68. The minimum atomic E-state index is -0.279. The van der Waals surface area contributed by atoms with Gasteiger partial charge < -0.3 is 10.1 Å². The van der Waals surface area contributed by atoms with E-state index in [1.165, 1.54) is 11.3 Å². The number of anilines is 1. The van der Waals surface area contributed by atoms with Gasteiger partial charge in [-0.2, -0.15) is 0 Å². The molecule has 0 spiro atoms. The van der Waals surface area contributed by atoms with E-state index in [9.17, 15) is 4.79 Å². The van der Waals surface area contributed by atoms with E-state index in [0.29, 0.717) is 33.7 Å². The van der Waals surface area contributed by atoms with Crippen molar-refractivity contribution in [1.82, 2.24) is 4.98 Å². The molecule has 4 nitrogen and oxygen atoms in total. The zero-order valence-electron chi connectivity index (χ0n) is 12.3. The minimum Gasteiger partial charge on any atom is -0.487 e. The van der Waals surface area contributed by atoms with Gasteiger partial charge in [0.1, 0.15) is 12.4 Å². The topological polar surface area (TPSA) is 51.2 Å². The fourth-order valence-electron chi connectivity index (χ4n) is 1.98. The summed E-state index contributed by atoms with van der Waals surface area (Å²) >= 11 is 13.4. The second kappa shape index (κ2) is 7.66. The minimum absolute atomic E-state index is 0.279. The van der Waals surface area contributed by atoms with Crippen LogP contribution < -0.4 is 10.1 Å². The Kier molecular flexibility index (Phi) is 5.35. The fraction of sp³-hybridized carbons (Fsp3) is 0.0588. The van der Waals surface area contributed by atoms with Crippen molar-refractivity contribution in [3.05, 3.63) is 74.7 Å². The zero-order valence-corrected chi connectivity index (χ0v) is 14.7. The third-order valence-corrected chi connectivity index (χ3v) is 4.33. The van der Waals surface area contributed by atoms with Crippen LogP contribution in [0.4, 0.5) is 5.69 Å². The number of amides is 1. The molecule has 0 unspecified atom stereocenters. The van der Waals surface area contributed by atoms with Gasteiger partial charge in [-0.3, -0.25) is 4.79 Å². The molecule has 0 aliphatic carbocycles. The summed E-state index contributed by atoms with van der Waals surface area (Å²) in [5, 5.41) is 5.56. The standard InChI is InChI=1S/C17H12Cl2N2O2S/c18-12-4-5-16(15(19)7-12)21-17(22)11-2-1-3-14(6-11)23-8-13-9-24-10-20-13/h1-7,9-10H,8H2,(H,21,22). The van der Waals surface area contributed by atoms with E-state index in [1.54, 1.807) is 48.0 Å². The maximum Gasteiger partial charge on any atom is 0.255 e. The number of hydrogen-bond acceptors (Lipinski definition) is 4. The second-order valence-corrected chi connectivity index (χ2v) is 6.44. The number of nitrogens with zero attached hydrogens (tertiary/aromatic N) is 1. The summed E-state index contributed by atoms with van der Waals surface area (Å²) < 4.78 is 5.65. The summed E-state index contributed by atoms with van der Waals surface area (Å²) in [6.45, 7) is 0.359. The molecule has 0 fully saturated rings. The number of rotatable bonds is 5. The molecule has 2 aromatic carbocycles. The lowest BCUT2D eigenvalue weighted by atomic mass is 10.2. The van der Waals surface area contributed by atoms with E-state index in [1.807, 2.05) is 5.38 Å². The molecule has 122 valence electrons. The number of thiazole rings is 1. The molecule has 0 aliphatic rings. The average molecular weight is 379 g/mol. The van der Waals surface area contributed by atoms with Crippen LogP contribution in [-0.4, -0.2) is 10.9 Å². The van der Waals surface area contributed by atoms with Crippen molar-refractivity contribution >= 4 is 46.1 Å². The van der Waals surface area contributed by atoms with Gasteiger partial charge in [0.25, 0.3) is 5.91 Å². The number of aromatic nitrogens is 1. The Morgan fingerprint density at radius 3 is 2.83 bits per heavy atom.